The first-order chi connectivity index (χ1) is 7.88. The topological polar surface area (TPSA) is 93.1 Å². The van der Waals surface area contributed by atoms with E-state index in [0.29, 0.717) is 12.0 Å². The van der Waals surface area contributed by atoms with Gasteiger partial charge in [-0.05, 0) is 19.3 Å². The number of hydrogen-bond acceptors (Lipinski definition) is 4. The van der Waals surface area contributed by atoms with Crippen LogP contribution in [0.1, 0.15) is 19.3 Å². The van der Waals surface area contributed by atoms with E-state index in [1.54, 1.807) is 10.9 Å². The Kier molecular flexibility index (Phi) is 3.71. The van der Waals surface area contributed by atoms with Crippen LogP contribution in [0.5, 0.6) is 0 Å². The summed E-state index contributed by atoms with van der Waals surface area (Å²) in [7, 11) is 0. The van der Waals surface area contributed by atoms with Crippen LogP contribution >= 0.6 is 0 Å². The fourth-order valence-electron chi connectivity index (χ4n) is 1.33. The molecule has 4 N–H and O–H groups in total. The third kappa shape index (κ3) is 3.50. The third-order valence-electron chi connectivity index (χ3n) is 2.34. The number of aromatic nitrogens is 3. The molecular weight excluding hydrogens is 206 g/mol. The fraction of sp³-hybridized carbons (Fsp3) is 0.667. The molecule has 0 bridgehead atoms. The Morgan fingerprint density at radius 2 is 2.44 bits per heavy atom. The molecule has 1 aliphatic rings. The zero-order chi connectivity index (χ0) is 11.2. The number of aryl methyl sites for hydroxylation is 1. The van der Waals surface area contributed by atoms with Crippen molar-refractivity contribution in [2.75, 3.05) is 6.54 Å². The molecule has 7 nitrogen and oxygen atoms in total. The minimum Gasteiger partial charge on any atom is -0.353 e. The molecule has 1 aromatic rings. The van der Waals surface area contributed by atoms with Gasteiger partial charge in [0.15, 0.2) is 0 Å². The summed E-state index contributed by atoms with van der Waals surface area (Å²) in [6.07, 6.45) is 6.85. The Morgan fingerprint density at radius 1 is 1.56 bits per heavy atom. The Balaban J connectivity index is 1.66. The second-order valence-electron chi connectivity index (χ2n) is 3.81. The quantitative estimate of drug-likeness (QED) is 0.200. The Hall–Kier alpha value is -1.63. The van der Waals surface area contributed by atoms with E-state index in [2.05, 4.69) is 26.0 Å². The average Bonchev–Trinajstić information content (AvgIpc) is 2.96. The average molecular weight is 223 g/mol. The van der Waals surface area contributed by atoms with Crippen LogP contribution < -0.4 is 16.6 Å². The van der Waals surface area contributed by atoms with Gasteiger partial charge in [0.05, 0.1) is 6.20 Å². The van der Waals surface area contributed by atoms with Gasteiger partial charge < -0.3 is 5.32 Å². The SMILES string of the molecule is NNC(=NCCCn1ccnn1)NC1CC1. The van der Waals surface area contributed by atoms with Gasteiger partial charge in [-0.3, -0.25) is 15.1 Å². The molecule has 1 aliphatic carbocycles. The second-order valence-corrected chi connectivity index (χ2v) is 3.81. The highest BCUT2D eigenvalue weighted by atomic mass is 15.4. The van der Waals surface area contributed by atoms with Crippen LogP contribution in [0.2, 0.25) is 0 Å². The van der Waals surface area contributed by atoms with Crippen LogP contribution in [-0.2, 0) is 6.54 Å². The number of hydrazine groups is 1. The van der Waals surface area contributed by atoms with Crippen molar-refractivity contribution in [1.29, 1.82) is 0 Å². The van der Waals surface area contributed by atoms with Gasteiger partial charge >= 0.3 is 0 Å². The van der Waals surface area contributed by atoms with Crippen molar-refractivity contribution < 1.29 is 0 Å². The van der Waals surface area contributed by atoms with Gasteiger partial charge in [0.2, 0.25) is 5.96 Å². The summed E-state index contributed by atoms with van der Waals surface area (Å²) in [5, 5.41) is 10.8. The summed E-state index contributed by atoms with van der Waals surface area (Å²) in [5.74, 6) is 6.04. The standard InChI is InChI=1S/C9H17N7/c10-14-9(13-8-2-3-8)11-4-1-6-16-7-5-12-15-16/h5,7-8H,1-4,6,10H2,(H2,11,13,14). The maximum absolute atomic E-state index is 5.35. The predicted molar refractivity (Wildman–Crippen MR) is 60.4 cm³/mol. The molecule has 1 fully saturated rings. The molecule has 0 radical (unpaired) electrons. The van der Waals surface area contributed by atoms with Gasteiger partial charge in [0.25, 0.3) is 0 Å². The molecule has 7 heteroatoms. The zero-order valence-corrected chi connectivity index (χ0v) is 9.13. The number of hydrogen-bond donors (Lipinski definition) is 3. The third-order valence-corrected chi connectivity index (χ3v) is 2.34. The highest BCUT2D eigenvalue weighted by Gasteiger charge is 2.21. The fourth-order valence-corrected chi connectivity index (χ4v) is 1.33. The van der Waals surface area contributed by atoms with Crippen LogP contribution in [0.15, 0.2) is 17.4 Å². The van der Waals surface area contributed by atoms with Crippen LogP contribution in [-0.4, -0.2) is 33.5 Å². The van der Waals surface area contributed by atoms with E-state index in [1.165, 1.54) is 12.8 Å². The largest absolute Gasteiger partial charge is 0.353 e. The van der Waals surface area contributed by atoms with Crippen molar-refractivity contribution in [3.05, 3.63) is 12.4 Å². The molecule has 1 heterocycles. The van der Waals surface area contributed by atoms with Crippen LogP contribution in [0.25, 0.3) is 0 Å². The molecule has 0 amide bonds. The molecule has 0 unspecified atom stereocenters. The molecule has 16 heavy (non-hydrogen) atoms. The first-order valence-corrected chi connectivity index (χ1v) is 5.50. The highest BCUT2D eigenvalue weighted by Crippen LogP contribution is 2.18. The van der Waals surface area contributed by atoms with Gasteiger partial charge in [-0.2, -0.15) is 0 Å². The van der Waals surface area contributed by atoms with E-state index in [4.69, 9.17) is 5.84 Å². The number of nitrogens with zero attached hydrogens (tertiary/aromatic N) is 4. The molecule has 1 aromatic heterocycles. The van der Waals surface area contributed by atoms with Gasteiger partial charge in [-0.15, -0.1) is 5.10 Å². The lowest BCUT2D eigenvalue weighted by molar-refractivity contribution is 0.563. The van der Waals surface area contributed by atoms with E-state index in [9.17, 15) is 0 Å². The van der Waals surface area contributed by atoms with Gasteiger partial charge in [0, 0.05) is 25.3 Å². The van der Waals surface area contributed by atoms with Crippen molar-refractivity contribution in [3.63, 3.8) is 0 Å². The number of rotatable bonds is 5. The number of nitrogens with two attached hydrogens (primary N) is 1. The van der Waals surface area contributed by atoms with E-state index in [-0.39, 0.29) is 0 Å². The lowest BCUT2D eigenvalue weighted by Crippen LogP contribution is -2.42. The van der Waals surface area contributed by atoms with Crippen LogP contribution in [0, 0.1) is 0 Å². The molecule has 0 atom stereocenters. The van der Waals surface area contributed by atoms with Crippen LogP contribution in [0.3, 0.4) is 0 Å². The Morgan fingerprint density at radius 3 is 3.06 bits per heavy atom. The molecule has 0 spiro atoms. The van der Waals surface area contributed by atoms with E-state index in [0.717, 1.165) is 19.5 Å². The number of aliphatic imine (C=N–C) groups is 1. The monoisotopic (exact) mass is 223 g/mol. The molecule has 0 aliphatic heterocycles. The number of nitrogens with one attached hydrogen (secondary N) is 2. The van der Waals surface area contributed by atoms with Crippen molar-refractivity contribution in [2.45, 2.75) is 31.8 Å². The van der Waals surface area contributed by atoms with Crippen LogP contribution in [0.4, 0.5) is 0 Å². The minimum absolute atomic E-state index is 0.560. The summed E-state index contributed by atoms with van der Waals surface area (Å²) >= 11 is 0. The van der Waals surface area contributed by atoms with E-state index in [1.807, 2.05) is 6.20 Å². The molecule has 0 saturated heterocycles. The summed E-state index contributed by atoms with van der Waals surface area (Å²) < 4.78 is 1.79. The number of guanidine groups is 1. The predicted octanol–water partition coefficient (Wildman–Crippen LogP) is -0.760. The highest BCUT2D eigenvalue weighted by molar-refractivity contribution is 5.79. The van der Waals surface area contributed by atoms with Crippen molar-refractivity contribution >= 4 is 5.96 Å². The molecular formula is C9H17N7. The second kappa shape index (κ2) is 5.45. The first-order valence-electron chi connectivity index (χ1n) is 5.50. The Bertz CT molecular complexity index is 328. The first kappa shape index (κ1) is 10.9. The molecule has 2 rings (SSSR count). The lowest BCUT2D eigenvalue weighted by atomic mass is 10.4. The molecule has 0 aromatic carbocycles. The lowest BCUT2D eigenvalue weighted by Gasteiger charge is -2.07. The van der Waals surface area contributed by atoms with Gasteiger partial charge in [0.1, 0.15) is 0 Å². The summed E-state index contributed by atoms with van der Waals surface area (Å²) in [5.41, 5.74) is 2.57. The summed E-state index contributed by atoms with van der Waals surface area (Å²) in [6, 6.07) is 0.560. The minimum atomic E-state index is 0.560. The zero-order valence-electron chi connectivity index (χ0n) is 9.13. The van der Waals surface area contributed by atoms with Crippen molar-refractivity contribution in [1.82, 2.24) is 25.7 Å². The Labute approximate surface area is 94.1 Å². The summed E-state index contributed by atoms with van der Waals surface area (Å²) in [4.78, 5) is 4.33. The normalized spacial score (nSPS) is 16.2. The van der Waals surface area contributed by atoms with E-state index >= 15 is 0 Å². The smallest absolute Gasteiger partial charge is 0.205 e. The van der Waals surface area contributed by atoms with Crippen molar-refractivity contribution in [2.24, 2.45) is 10.8 Å². The summed E-state index contributed by atoms with van der Waals surface area (Å²) in [6.45, 7) is 1.55. The maximum atomic E-state index is 5.35. The van der Waals surface area contributed by atoms with E-state index < -0.39 is 0 Å². The molecule has 88 valence electrons. The van der Waals surface area contributed by atoms with Gasteiger partial charge in [-0.1, -0.05) is 5.21 Å². The van der Waals surface area contributed by atoms with Gasteiger partial charge in [-0.25, -0.2) is 5.84 Å². The maximum Gasteiger partial charge on any atom is 0.205 e. The van der Waals surface area contributed by atoms with Crippen molar-refractivity contribution in [3.8, 4) is 0 Å². The molecule has 1 saturated carbocycles.